The number of carbonyl (C=O) groups is 1. The van der Waals surface area contributed by atoms with Crippen LogP contribution < -0.4 is 5.73 Å². The lowest BCUT2D eigenvalue weighted by atomic mass is 9.91. The van der Waals surface area contributed by atoms with Crippen LogP contribution in [0, 0.1) is 12.8 Å². The first kappa shape index (κ1) is 13.0. The van der Waals surface area contributed by atoms with E-state index in [1.54, 1.807) is 6.07 Å². The summed E-state index contributed by atoms with van der Waals surface area (Å²) in [5.74, 6) is 0.585. The Morgan fingerprint density at radius 3 is 2.67 bits per heavy atom. The van der Waals surface area contributed by atoms with E-state index in [1.807, 2.05) is 30.9 Å². The molecule has 4 heteroatoms. The number of carbonyl (C=O) groups excluding carboxylic acids is 1. The Bertz CT molecular complexity index is 423. The van der Waals surface area contributed by atoms with Gasteiger partial charge in [-0.05, 0) is 44.7 Å². The number of likely N-dealkylation sites (tertiary alicyclic amines) is 1. The third-order valence-corrected chi connectivity index (χ3v) is 3.68. The lowest BCUT2D eigenvalue weighted by molar-refractivity contribution is 0.0675. The van der Waals surface area contributed by atoms with E-state index in [0.29, 0.717) is 11.6 Å². The summed E-state index contributed by atoms with van der Waals surface area (Å²) in [6.45, 7) is 5.53. The third-order valence-electron chi connectivity index (χ3n) is 3.68. The van der Waals surface area contributed by atoms with Gasteiger partial charge in [0.25, 0.3) is 5.91 Å². The van der Waals surface area contributed by atoms with Gasteiger partial charge in [0, 0.05) is 24.8 Å². The highest BCUT2D eigenvalue weighted by Crippen LogP contribution is 2.20. The van der Waals surface area contributed by atoms with Crippen molar-refractivity contribution in [1.29, 1.82) is 0 Å². The minimum Gasteiger partial charge on any atom is -0.337 e. The smallest absolute Gasteiger partial charge is 0.272 e. The highest BCUT2D eigenvalue weighted by atomic mass is 16.2. The fraction of sp³-hybridized carbons (Fsp3) is 0.571. The minimum absolute atomic E-state index is 0.0434. The Hall–Kier alpha value is -1.42. The predicted molar refractivity (Wildman–Crippen MR) is 71.3 cm³/mol. The molecule has 0 spiro atoms. The molecule has 0 saturated carbocycles. The fourth-order valence-corrected chi connectivity index (χ4v) is 2.45. The monoisotopic (exact) mass is 247 g/mol. The average molecular weight is 247 g/mol. The summed E-state index contributed by atoms with van der Waals surface area (Å²) >= 11 is 0. The number of hydrogen-bond donors (Lipinski definition) is 1. The summed E-state index contributed by atoms with van der Waals surface area (Å²) in [6.07, 6.45) is 1.99. The molecule has 1 fully saturated rings. The molecule has 18 heavy (non-hydrogen) atoms. The molecule has 1 aliphatic heterocycles. The molecule has 4 nitrogen and oxygen atoms in total. The molecule has 0 bridgehead atoms. The molecule has 0 aliphatic carbocycles. The first-order valence-electron chi connectivity index (χ1n) is 6.56. The van der Waals surface area contributed by atoms with Crippen molar-refractivity contribution in [3.63, 3.8) is 0 Å². The number of nitrogens with two attached hydrogens (primary N) is 1. The zero-order valence-corrected chi connectivity index (χ0v) is 11.1. The number of aryl methyl sites for hydroxylation is 1. The molecule has 1 amide bonds. The van der Waals surface area contributed by atoms with Crippen LogP contribution in [0.25, 0.3) is 0 Å². The molecular formula is C14H21N3O. The summed E-state index contributed by atoms with van der Waals surface area (Å²) in [5.41, 5.74) is 7.33. The zero-order chi connectivity index (χ0) is 13.1. The number of piperidine rings is 1. The summed E-state index contributed by atoms with van der Waals surface area (Å²) in [5, 5.41) is 0. The summed E-state index contributed by atoms with van der Waals surface area (Å²) in [7, 11) is 0. The SMILES string of the molecule is Cc1cccc(C(=O)N2CCC(C(C)N)CC2)n1. The van der Waals surface area contributed by atoms with Crippen LogP contribution in [0.1, 0.15) is 35.9 Å². The van der Waals surface area contributed by atoms with Gasteiger partial charge < -0.3 is 10.6 Å². The number of pyridine rings is 1. The van der Waals surface area contributed by atoms with Gasteiger partial charge in [-0.2, -0.15) is 0 Å². The van der Waals surface area contributed by atoms with E-state index in [9.17, 15) is 4.79 Å². The maximum atomic E-state index is 12.3. The van der Waals surface area contributed by atoms with Crippen LogP contribution in [0.15, 0.2) is 18.2 Å². The molecule has 2 N–H and O–H groups in total. The van der Waals surface area contributed by atoms with Crippen molar-refractivity contribution in [2.24, 2.45) is 11.7 Å². The van der Waals surface area contributed by atoms with Crippen molar-refractivity contribution in [1.82, 2.24) is 9.88 Å². The number of hydrogen-bond acceptors (Lipinski definition) is 3. The van der Waals surface area contributed by atoms with Gasteiger partial charge in [0.05, 0.1) is 0 Å². The zero-order valence-electron chi connectivity index (χ0n) is 11.1. The second-order valence-corrected chi connectivity index (χ2v) is 5.15. The first-order chi connectivity index (χ1) is 8.58. The van der Waals surface area contributed by atoms with Crippen LogP contribution in [0.3, 0.4) is 0 Å². The molecule has 1 saturated heterocycles. The van der Waals surface area contributed by atoms with E-state index >= 15 is 0 Å². The van der Waals surface area contributed by atoms with E-state index in [0.717, 1.165) is 31.6 Å². The Balaban J connectivity index is 1.99. The van der Waals surface area contributed by atoms with E-state index in [-0.39, 0.29) is 11.9 Å². The van der Waals surface area contributed by atoms with Crippen LogP contribution in [0.2, 0.25) is 0 Å². The maximum absolute atomic E-state index is 12.3. The quantitative estimate of drug-likeness (QED) is 0.863. The van der Waals surface area contributed by atoms with Gasteiger partial charge in [0.2, 0.25) is 0 Å². The molecule has 0 radical (unpaired) electrons. The van der Waals surface area contributed by atoms with Gasteiger partial charge in [-0.3, -0.25) is 4.79 Å². The topological polar surface area (TPSA) is 59.2 Å². The normalized spacial score (nSPS) is 18.7. The van der Waals surface area contributed by atoms with Crippen LogP contribution in [-0.2, 0) is 0 Å². The predicted octanol–water partition coefficient (Wildman–Crippen LogP) is 1.59. The Labute approximate surface area is 108 Å². The number of rotatable bonds is 2. The van der Waals surface area contributed by atoms with Gasteiger partial charge in [-0.25, -0.2) is 4.98 Å². The first-order valence-corrected chi connectivity index (χ1v) is 6.56. The van der Waals surface area contributed by atoms with E-state index in [4.69, 9.17) is 5.73 Å². The molecule has 2 heterocycles. The van der Waals surface area contributed by atoms with Gasteiger partial charge in [-0.15, -0.1) is 0 Å². The molecular weight excluding hydrogens is 226 g/mol. The molecule has 1 aromatic heterocycles. The summed E-state index contributed by atoms with van der Waals surface area (Å²) in [6, 6.07) is 5.79. The van der Waals surface area contributed by atoms with Crippen LogP contribution in [0.5, 0.6) is 0 Å². The molecule has 0 aromatic carbocycles. The van der Waals surface area contributed by atoms with Crippen molar-refractivity contribution in [3.05, 3.63) is 29.6 Å². The van der Waals surface area contributed by atoms with Gasteiger partial charge in [-0.1, -0.05) is 6.07 Å². The maximum Gasteiger partial charge on any atom is 0.272 e. The highest BCUT2D eigenvalue weighted by Gasteiger charge is 2.25. The van der Waals surface area contributed by atoms with Crippen molar-refractivity contribution in [3.8, 4) is 0 Å². The number of aromatic nitrogens is 1. The van der Waals surface area contributed by atoms with Crippen LogP contribution in [-0.4, -0.2) is 34.9 Å². The summed E-state index contributed by atoms with van der Waals surface area (Å²) in [4.78, 5) is 18.4. The molecule has 98 valence electrons. The molecule has 2 rings (SSSR count). The van der Waals surface area contributed by atoms with Gasteiger partial charge in [0.15, 0.2) is 0 Å². The lowest BCUT2D eigenvalue weighted by Crippen LogP contribution is -2.42. The van der Waals surface area contributed by atoms with Gasteiger partial charge in [0.1, 0.15) is 5.69 Å². The second kappa shape index (κ2) is 5.48. The van der Waals surface area contributed by atoms with Gasteiger partial charge >= 0.3 is 0 Å². The van der Waals surface area contributed by atoms with E-state index < -0.39 is 0 Å². The van der Waals surface area contributed by atoms with Crippen molar-refractivity contribution >= 4 is 5.91 Å². The Morgan fingerprint density at radius 1 is 1.44 bits per heavy atom. The standard InChI is InChI=1S/C14H21N3O/c1-10-4-3-5-13(16-10)14(18)17-8-6-12(7-9-17)11(2)15/h3-5,11-12H,6-9,15H2,1-2H3. The largest absolute Gasteiger partial charge is 0.337 e. The molecule has 1 atom stereocenters. The second-order valence-electron chi connectivity index (χ2n) is 5.15. The van der Waals surface area contributed by atoms with E-state index in [2.05, 4.69) is 4.98 Å². The van der Waals surface area contributed by atoms with Crippen molar-refractivity contribution < 1.29 is 4.79 Å². The third kappa shape index (κ3) is 2.88. The number of amides is 1. The molecule has 1 unspecified atom stereocenters. The molecule has 1 aliphatic rings. The minimum atomic E-state index is 0.0434. The number of nitrogens with zero attached hydrogens (tertiary/aromatic N) is 2. The van der Waals surface area contributed by atoms with Crippen molar-refractivity contribution in [2.45, 2.75) is 32.7 Å². The van der Waals surface area contributed by atoms with E-state index in [1.165, 1.54) is 0 Å². The summed E-state index contributed by atoms with van der Waals surface area (Å²) < 4.78 is 0. The fourth-order valence-electron chi connectivity index (χ4n) is 2.45. The van der Waals surface area contributed by atoms with Crippen LogP contribution >= 0.6 is 0 Å². The van der Waals surface area contributed by atoms with Crippen LogP contribution in [0.4, 0.5) is 0 Å². The lowest BCUT2D eigenvalue weighted by Gasteiger charge is -2.33. The van der Waals surface area contributed by atoms with Crippen molar-refractivity contribution in [2.75, 3.05) is 13.1 Å². The Morgan fingerprint density at radius 2 is 2.11 bits per heavy atom. The highest BCUT2D eigenvalue weighted by molar-refractivity contribution is 5.92. The Kier molecular flexibility index (Phi) is 3.97. The average Bonchev–Trinajstić information content (AvgIpc) is 2.38. The molecule has 1 aromatic rings.